The van der Waals surface area contributed by atoms with E-state index in [-0.39, 0.29) is 5.88 Å². The van der Waals surface area contributed by atoms with Crippen molar-refractivity contribution in [2.24, 2.45) is 0 Å². The van der Waals surface area contributed by atoms with E-state index in [2.05, 4.69) is 0 Å². The maximum atomic E-state index is 9.09. The maximum Gasteiger partial charge on any atom is 0.0743 e. The number of halogens is 1. The van der Waals surface area contributed by atoms with Gasteiger partial charge in [-0.25, -0.2) is 0 Å². The second-order valence-electron chi connectivity index (χ2n) is 1.89. The summed E-state index contributed by atoms with van der Waals surface area (Å²) in [5.41, 5.74) is 0. The van der Waals surface area contributed by atoms with Crippen LogP contribution in [0.2, 0.25) is 0 Å². The maximum absolute atomic E-state index is 9.09. The standard InChI is InChI=1S/C7H8ClO/c8-5-7(9)6-3-1-2-4-6/h1-4,7,9H,5H2. The minimum atomic E-state index is -0.498. The molecular weight excluding hydrogens is 136 g/mol. The summed E-state index contributed by atoms with van der Waals surface area (Å²) in [5, 5.41) is 9.09. The van der Waals surface area contributed by atoms with Gasteiger partial charge in [-0.2, -0.15) is 0 Å². The third-order valence-corrected chi connectivity index (χ3v) is 1.51. The van der Waals surface area contributed by atoms with Gasteiger partial charge in [0.1, 0.15) is 0 Å². The molecule has 1 aliphatic rings. The molecule has 0 saturated heterocycles. The first-order valence-corrected chi connectivity index (χ1v) is 3.33. The molecule has 1 unspecified atom stereocenters. The van der Waals surface area contributed by atoms with E-state index < -0.39 is 6.10 Å². The summed E-state index contributed by atoms with van der Waals surface area (Å²) in [6, 6.07) is 0. The number of hydrogen-bond acceptors (Lipinski definition) is 1. The van der Waals surface area contributed by atoms with Crippen LogP contribution in [0.4, 0.5) is 0 Å². The van der Waals surface area contributed by atoms with E-state index in [1.807, 2.05) is 25.7 Å². The fraction of sp³-hybridized carbons (Fsp3) is 0.286. The van der Waals surface area contributed by atoms with Crippen LogP contribution in [0.3, 0.4) is 0 Å². The first-order chi connectivity index (χ1) is 4.34. The van der Waals surface area contributed by atoms with Crippen molar-refractivity contribution in [3.63, 3.8) is 0 Å². The lowest BCUT2D eigenvalue weighted by Gasteiger charge is -2.11. The van der Waals surface area contributed by atoms with Crippen LogP contribution in [-0.4, -0.2) is 17.1 Å². The minimum Gasteiger partial charge on any atom is -0.391 e. The van der Waals surface area contributed by atoms with Gasteiger partial charge in [-0.3, -0.25) is 0 Å². The van der Waals surface area contributed by atoms with Crippen molar-refractivity contribution in [3.8, 4) is 0 Å². The summed E-state index contributed by atoms with van der Waals surface area (Å²) < 4.78 is 0. The molecule has 1 fully saturated rings. The van der Waals surface area contributed by atoms with Crippen LogP contribution in [-0.2, 0) is 0 Å². The molecule has 0 aromatic heterocycles. The Labute approximate surface area is 61.0 Å². The molecule has 1 rings (SSSR count). The average molecular weight is 144 g/mol. The summed E-state index contributed by atoms with van der Waals surface area (Å²) >= 11 is 5.39. The first-order valence-electron chi connectivity index (χ1n) is 2.80. The summed E-state index contributed by atoms with van der Waals surface area (Å²) in [4.78, 5) is 0. The SMILES string of the molecule is OC(CCl)[C]1[CH][CH][CH][CH]1. The van der Waals surface area contributed by atoms with Crippen LogP contribution in [0, 0.1) is 31.6 Å². The molecule has 5 radical (unpaired) electrons. The molecule has 0 aromatic carbocycles. The third kappa shape index (κ3) is 1.84. The lowest BCUT2D eigenvalue weighted by Crippen LogP contribution is -2.17. The van der Waals surface area contributed by atoms with E-state index in [0.29, 0.717) is 0 Å². The van der Waals surface area contributed by atoms with Crippen molar-refractivity contribution in [2.45, 2.75) is 6.10 Å². The van der Waals surface area contributed by atoms with Gasteiger partial charge in [0.2, 0.25) is 0 Å². The number of alkyl halides is 1. The quantitative estimate of drug-likeness (QED) is 0.572. The van der Waals surface area contributed by atoms with Gasteiger partial charge < -0.3 is 5.11 Å². The summed E-state index contributed by atoms with van der Waals surface area (Å²) in [6.07, 6.45) is 6.97. The van der Waals surface area contributed by atoms with Gasteiger partial charge in [0.15, 0.2) is 0 Å². The lowest BCUT2D eigenvalue weighted by molar-refractivity contribution is 0.220. The summed E-state index contributed by atoms with van der Waals surface area (Å²) in [6.45, 7) is 0. The Morgan fingerprint density at radius 2 is 2.00 bits per heavy atom. The third-order valence-electron chi connectivity index (χ3n) is 1.22. The molecule has 0 spiro atoms. The molecule has 49 valence electrons. The van der Waals surface area contributed by atoms with Gasteiger partial charge in [0.25, 0.3) is 0 Å². The second kappa shape index (κ2) is 3.43. The Bertz CT molecular complexity index is 79.0. The van der Waals surface area contributed by atoms with Gasteiger partial charge in [0.05, 0.1) is 6.10 Å². The topological polar surface area (TPSA) is 20.2 Å². The van der Waals surface area contributed by atoms with Crippen molar-refractivity contribution >= 4 is 11.6 Å². The highest BCUT2D eigenvalue weighted by Crippen LogP contribution is 2.26. The number of aliphatic hydroxyl groups is 1. The highest BCUT2D eigenvalue weighted by Gasteiger charge is 2.23. The Hall–Kier alpha value is 0.250. The molecule has 1 saturated carbocycles. The van der Waals surface area contributed by atoms with Gasteiger partial charge in [-0.15, -0.1) is 11.6 Å². The molecule has 0 amide bonds. The first kappa shape index (κ1) is 7.36. The predicted molar refractivity (Wildman–Crippen MR) is 37.2 cm³/mol. The molecule has 9 heavy (non-hydrogen) atoms. The van der Waals surface area contributed by atoms with Crippen LogP contribution in [0.5, 0.6) is 0 Å². The van der Waals surface area contributed by atoms with Crippen molar-refractivity contribution in [3.05, 3.63) is 31.6 Å². The zero-order valence-electron chi connectivity index (χ0n) is 4.92. The second-order valence-corrected chi connectivity index (χ2v) is 2.20. The molecule has 0 aromatic rings. The number of rotatable bonds is 2. The van der Waals surface area contributed by atoms with Crippen LogP contribution < -0.4 is 0 Å². The van der Waals surface area contributed by atoms with Crippen molar-refractivity contribution < 1.29 is 5.11 Å². The van der Waals surface area contributed by atoms with Gasteiger partial charge >= 0.3 is 0 Å². The Morgan fingerprint density at radius 3 is 2.44 bits per heavy atom. The molecule has 2 heteroatoms. The number of aliphatic hydroxyl groups excluding tert-OH is 1. The number of hydrogen-bond donors (Lipinski definition) is 1. The Morgan fingerprint density at radius 1 is 1.44 bits per heavy atom. The van der Waals surface area contributed by atoms with Crippen molar-refractivity contribution in [1.82, 2.24) is 0 Å². The summed E-state index contributed by atoms with van der Waals surface area (Å²) in [5.74, 6) is 1.16. The molecule has 1 atom stereocenters. The van der Waals surface area contributed by atoms with Gasteiger partial charge in [-0.05, 0) is 25.7 Å². The Balaban J connectivity index is 2.24. The average Bonchev–Trinajstić information content (AvgIpc) is 2.37. The van der Waals surface area contributed by atoms with Crippen LogP contribution in [0.1, 0.15) is 0 Å². The smallest absolute Gasteiger partial charge is 0.0743 e. The molecule has 0 heterocycles. The summed E-state index contributed by atoms with van der Waals surface area (Å²) in [7, 11) is 0. The predicted octanol–water partition coefficient (Wildman–Crippen LogP) is 0.991. The lowest BCUT2D eigenvalue weighted by atomic mass is 10.0. The van der Waals surface area contributed by atoms with Crippen LogP contribution in [0.15, 0.2) is 0 Å². The van der Waals surface area contributed by atoms with Crippen molar-refractivity contribution in [2.75, 3.05) is 5.88 Å². The minimum absolute atomic E-state index is 0.268. The molecule has 1 aliphatic carbocycles. The molecular formula is C7H8ClO. The highest BCUT2D eigenvalue weighted by molar-refractivity contribution is 6.18. The fourth-order valence-electron chi connectivity index (χ4n) is 0.700. The van der Waals surface area contributed by atoms with E-state index >= 15 is 0 Å². The fourth-order valence-corrected chi connectivity index (χ4v) is 0.878. The molecule has 0 bridgehead atoms. The highest BCUT2D eigenvalue weighted by atomic mass is 35.5. The normalized spacial score (nSPS) is 24.7. The zero-order chi connectivity index (χ0) is 6.69. The van der Waals surface area contributed by atoms with E-state index in [1.165, 1.54) is 0 Å². The molecule has 0 aliphatic heterocycles. The molecule has 1 nitrogen and oxygen atoms in total. The van der Waals surface area contributed by atoms with E-state index in [4.69, 9.17) is 16.7 Å². The Kier molecular flexibility index (Phi) is 2.80. The van der Waals surface area contributed by atoms with Gasteiger partial charge in [-0.1, -0.05) is 0 Å². The van der Waals surface area contributed by atoms with Gasteiger partial charge in [0, 0.05) is 11.8 Å². The van der Waals surface area contributed by atoms with E-state index in [9.17, 15) is 0 Å². The van der Waals surface area contributed by atoms with E-state index in [0.717, 1.165) is 5.92 Å². The van der Waals surface area contributed by atoms with Crippen LogP contribution in [0.25, 0.3) is 0 Å². The molecule has 1 N–H and O–H groups in total. The van der Waals surface area contributed by atoms with Crippen molar-refractivity contribution in [1.29, 1.82) is 0 Å². The zero-order valence-corrected chi connectivity index (χ0v) is 5.67. The largest absolute Gasteiger partial charge is 0.391 e. The monoisotopic (exact) mass is 143 g/mol. The van der Waals surface area contributed by atoms with E-state index in [1.54, 1.807) is 0 Å². The van der Waals surface area contributed by atoms with Crippen LogP contribution >= 0.6 is 11.6 Å².